The number of nitrogens with zero attached hydrogens (tertiary/aromatic N) is 2. The molecule has 0 unspecified atom stereocenters. The van der Waals surface area contributed by atoms with Crippen molar-refractivity contribution < 1.29 is 14.5 Å². The van der Waals surface area contributed by atoms with Crippen LogP contribution < -0.4 is 15.5 Å². The largest absolute Gasteiger partial charge is 0.367 e. The fraction of sp³-hybridized carbons (Fsp3) is 0.450. The van der Waals surface area contributed by atoms with Crippen molar-refractivity contribution in [2.75, 3.05) is 11.4 Å². The minimum Gasteiger partial charge on any atom is -0.367 e. The second-order valence-electron chi connectivity index (χ2n) is 8.93. The van der Waals surface area contributed by atoms with Crippen molar-refractivity contribution in [2.24, 2.45) is 10.8 Å². The van der Waals surface area contributed by atoms with Crippen molar-refractivity contribution >= 4 is 46.6 Å². The highest BCUT2D eigenvalue weighted by Crippen LogP contribution is 2.59. The van der Waals surface area contributed by atoms with E-state index in [0.717, 1.165) is 25.1 Å². The van der Waals surface area contributed by atoms with Gasteiger partial charge >= 0.3 is 0 Å². The lowest BCUT2D eigenvalue weighted by atomic mass is 9.69. The molecule has 2 heterocycles. The van der Waals surface area contributed by atoms with Gasteiger partial charge in [0.2, 0.25) is 0 Å². The first-order valence-corrected chi connectivity index (χ1v) is 9.85. The van der Waals surface area contributed by atoms with Crippen LogP contribution >= 0.6 is 12.2 Å². The predicted octanol–water partition coefficient (Wildman–Crippen LogP) is 2.52. The Kier molecular flexibility index (Phi) is 4.27. The molecule has 0 radical (unpaired) electrons. The normalized spacial score (nSPS) is 27.7. The van der Waals surface area contributed by atoms with Crippen LogP contribution in [0.25, 0.3) is 6.08 Å². The van der Waals surface area contributed by atoms with Crippen LogP contribution in [-0.4, -0.2) is 34.4 Å². The number of nitro benzene ring substituents is 1. The molecule has 2 saturated heterocycles. The average molecular weight is 414 g/mol. The van der Waals surface area contributed by atoms with Gasteiger partial charge in [-0.25, -0.2) is 0 Å². The molecule has 152 valence electrons. The summed E-state index contributed by atoms with van der Waals surface area (Å²) < 4.78 is 0. The monoisotopic (exact) mass is 414 g/mol. The number of thiocarbonyl (C=S) groups is 1. The van der Waals surface area contributed by atoms with Gasteiger partial charge in [-0.15, -0.1) is 0 Å². The van der Waals surface area contributed by atoms with Gasteiger partial charge in [0, 0.05) is 36.0 Å². The molecule has 0 spiro atoms. The van der Waals surface area contributed by atoms with Crippen LogP contribution in [-0.2, 0) is 9.59 Å². The zero-order chi connectivity index (χ0) is 21.1. The Balaban J connectivity index is 1.78. The Bertz CT molecular complexity index is 978. The van der Waals surface area contributed by atoms with Gasteiger partial charge in [0.25, 0.3) is 17.5 Å². The van der Waals surface area contributed by atoms with Crippen LogP contribution in [0.15, 0.2) is 23.8 Å². The van der Waals surface area contributed by atoms with Gasteiger partial charge in [-0.05, 0) is 48.0 Å². The number of anilines is 1. The summed E-state index contributed by atoms with van der Waals surface area (Å²) in [5.74, 6) is -1.24. The summed E-state index contributed by atoms with van der Waals surface area (Å²) in [4.78, 5) is 37.6. The fourth-order valence-corrected chi connectivity index (χ4v) is 4.97. The lowest BCUT2D eigenvalue weighted by Gasteiger charge is -2.44. The van der Waals surface area contributed by atoms with E-state index in [9.17, 15) is 19.7 Å². The van der Waals surface area contributed by atoms with Gasteiger partial charge in [-0.1, -0.05) is 20.8 Å². The molecule has 9 heteroatoms. The zero-order valence-electron chi connectivity index (χ0n) is 16.4. The molecule has 2 amide bonds. The Morgan fingerprint density at radius 2 is 1.86 bits per heavy atom. The standard InChI is InChI=1S/C20H22N4O4S/c1-19(2)8-13-9-20(19,3)10-23(13)15-5-4-12(24(27)28)6-11(15)7-14-16(25)21-18(29)22-17(14)26/h4-7,13H,8-10H2,1-3H3,(H2,21,22,25,26,29)/t13-,20-/m0/s1. The number of rotatable bonds is 3. The van der Waals surface area contributed by atoms with Gasteiger partial charge in [-0.3, -0.25) is 30.3 Å². The average Bonchev–Trinajstić information content (AvgIpc) is 3.06. The van der Waals surface area contributed by atoms with Crippen molar-refractivity contribution in [1.29, 1.82) is 0 Å². The van der Waals surface area contributed by atoms with Gasteiger partial charge in [0.15, 0.2) is 5.11 Å². The summed E-state index contributed by atoms with van der Waals surface area (Å²) >= 11 is 4.83. The van der Waals surface area contributed by atoms with Crippen LogP contribution in [0.3, 0.4) is 0 Å². The topological polar surface area (TPSA) is 105 Å². The van der Waals surface area contributed by atoms with E-state index in [0.29, 0.717) is 11.6 Å². The molecule has 2 atom stereocenters. The Labute approximate surface area is 173 Å². The van der Waals surface area contributed by atoms with E-state index in [1.807, 2.05) is 0 Å². The SMILES string of the molecule is CC1(C)C[C@H]2C[C@@]1(C)CN2c1ccc([N+](=O)[O-])cc1C=C1C(=O)NC(=S)NC1=O. The summed E-state index contributed by atoms with van der Waals surface area (Å²) in [7, 11) is 0. The molecule has 8 nitrogen and oxygen atoms in total. The van der Waals surface area contributed by atoms with E-state index >= 15 is 0 Å². The predicted molar refractivity (Wildman–Crippen MR) is 112 cm³/mol. The van der Waals surface area contributed by atoms with Crippen LogP contribution in [0.4, 0.5) is 11.4 Å². The molecule has 4 rings (SSSR count). The molecule has 2 N–H and O–H groups in total. The minimum absolute atomic E-state index is 0.0524. The second kappa shape index (κ2) is 6.35. The van der Waals surface area contributed by atoms with E-state index in [4.69, 9.17) is 12.2 Å². The Morgan fingerprint density at radius 1 is 1.21 bits per heavy atom. The Hall–Kier alpha value is -2.81. The number of nitrogens with one attached hydrogen (secondary N) is 2. The molecule has 2 bridgehead atoms. The van der Waals surface area contributed by atoms with Crippen LogP contribution in [0.1, 0.15) is 39.2 Å². The molecule has 1 saturated carbocycles. The first-order chi connectivity index (χ1) is 13.5. The third-order valence-corrected chi connectivity index (χ3v) is 7.00. The van der Waals surface area contributed by atoms with E-state index in [-0.39, 0.29) is 27.2 Å². The van der Waals surface area contributed by atoms with E-state index in [2.05, 4.69) is 36.3 Å². The van der Waals surface area contributed by atoms with Crippen molar-refractivity contribution in [3.05, 3.63) is 39.4 Å². The molecule has 1 aromatic rings. The number of piperidine rings is 1. The van der Waals surface area contributed by atoms with Crippen molar-refractivity contribution in [3.8, 4) is 0 Å². The van der Waals surface area contributed by atoms with Crippen LogP contribution in [0.2, 0.25) is 0 Å². The van der Waals surface area contributed by atoms with E-state index < -0.39 is 16.7 Å². The second-order valence-corrected chi connectivity index (χ2v) is 9.34. The molecule has 2 aliphatic heterocycles. The molecule has 3 fully saturated rings. The molecule has 1 aromatic carbocycles. The summed E-state index contributed by atoms with van der Waals surface area (Å²) in [5.41, 5.74) is 1.39. The quantitative estimate of drug-likeness (QED) is 0.259. The third-order valence-electron chi connectivity index (χ3n) is 6.80. The van der Waals surface area contributed by atoms with Gasteiger partial charge in [0.05, 0.1) is 4.92 Å². The zero-order valence-corrected chi connectivity index (χ0v) is 17.3. The number of amides is 2. The maximum Gasteiger partial charge on any atom is 0.270 e. The molecule has 1 aliphatic carbocycles. The van der Waals surface area contributed by atoms with Gasteiger partial charge in [-0.2, -0.15) is 0 Å². The number of fused-ring (bicyclic) bond motifs is 2. The molecule has 3 aliphatic rings. The van der Waals surface area contributed by atoms with Crippen molar-refractivity contribution in [1.82, 2.24) is 10.6 Å². The number of benzene rings is 1. The highest BCUT2D eigenvalue weighted by atomic mass is 32.1. The van der Waals surface area contributed by atoms with Gasteiger partial charge < -0.3 is 4.90 Å². The minimum atomic E-state index is -0.618. The lowest BCUT2D eigenvalue weighted by Crippen LogP contribution is -2.51. The summed E-state index contributed by atoms with van der Waals surface area (Å²) in [6.07, 6.45) is 3.47. The molecular weight excluding hydrogens is 392 g/mol. The summed E-state index contributed by atoms with van der Waals surface area (Å²) in [6.45, 7) is 7.66. The lowest BCUT2D eigenvalue weighted by molar-refractivity contribution is -0.384. The number of non-ortho nitro benzene ring substituents is 1. The van der Waals surface area contributed by atoms with Crippen molar-refractivity contribution in [2.45, 2.75) is 39.7 Å². The fourth-order valence-electron chi connectivity index (χ4n) is 4.78. The van der Waals surface area contributed by atoms with Crippen LogP contribution in [0, 0.1) is 20.9 Å². The Morgan fingerprint density at radius 3 is 2.38 bits per heavy atom. The highest BCUT2D eigenvalue weighted by molar-refractivity contribution is 7.80. The molecule has 0 aromatic heterocycles. The maximum atomic E-state index is 12.3. The smallest absolute Gasteiger partial charge is 0.270 e. The van der Waals surface area contributed by atoms with Crippen molar-refractivity contribution in [3.63, 3.8) is 0 Å². The third kappa shape index (κ3) is 3.09. The molecule has 29 heavy (non-hydrogen) atoms. The molecular formula is C20H22N4O4S. The number of hydrogen-bond donors (Lipinski definition) is 2. The number of carbonyl (C=O) groups excluding carboxylic acids is 2. The summed E-state index contributed by atoms with van der Waals surface area (Å²) in [5, 5.41) is 16.0. The number of hydrogen-bond acceptors (Lipinski definition) is 6. The van der Waals surface area contributed by atoms with Gasteiger partial charge in [0.1, 0.15) is 5.57 Å². The van der Waals surface area contributed by atoms with E-state index in [1.54, 1.807) is 6.07 Å². The number of carbonyl (C=O) groups is 2. The highest BCUT2D eigenvalue weighted by Gasteiger charge is 2.57. The maximum absolute atomic E-state index is 12.3. The van der Waals surface area contributed by atoms with Crippen LogP contribution in [0.5, 0.6) is 0 Å². The first kappa shape index (κ1) is 19.5. The first-order valence-electron chi connectivity index (χ1n) is 9.44. The summed E-state index contributed by atoms with van der Waals surface area (Å²) in [6, 6.07) is 4.91. The van der Waals surface area contributed by atoms with E-state index in [1.165, 1.54) is 18.2 Å². The number of nitro groups is 1.